The maximum Gasteiger partial charge on any atom is 0.221 e. The smallest absolute Gasteiger partial charge is 0.221 e. The Morgan fingerprint density at radius 2 is 1.93 bits per heavy atom. The lowest BCUT2D eigenvalue weighted by atomic mass is 9.88. The number of nitrogens with one attached hydrogen (secondary N) is 2. The highest BCUT2D eigenvalue weighted by Crippen LogP contribution is 2.36. The third-order valence-electron chi connectivity index (χ3n) is 4.77. The van der Waals surface area contributed by atoms with Crippen LogP contribution >= 0.6 is 23.2 Å². The third kappa shape index (κ3) is 3.93. The van der Waals surface area contributed by atoms with Crippen molar-refractivity contribution in [2.75, 3.05) is 0 Å². The number of rotatable bonds is 6. The molecule has 0 aliphatic rings. The zero-order valence-corrected chi connectivity index (χ0v) is 16.4. The number of hydrogen-bond acceptors (Lipinski definition) is 2. The summed E-state index contributed by atoms with van der Waals surface area (Å²) in [4.78, 5) is 16.0. The molecule has 1 atom stereocenters. The Balaban J connectivity index is 1.65. The van der Waals surface area contributed by atoms with E-state index in [1.807, 2.05) is 48.7 Å². The zero-order chi connectivity index (χ0) is 19.5. The van der Waals surface area contributed by atoms with Gasteiger partial charge in [-0.15, -0.1) is 0 Å². The topological polar surface area (TPSA) is 58.0 Å². The summed E-state index contributed by atoms with van der Waals surface area (Å²) in [6, 6.07) is 17.2. The molecular weight excluding hydrogens is 395 g/mol. The second-order valence-corrected chi connectivity index (χ2v) is 7.39. The van der Waals surface area contributed by atoms with Crippen molar-refractivity contribution in [3.8, 4) is 0 Å². The molecule has 0 aliphatic carbocycles. The molecule has 142 valence electrons. The molecule has 2 N–H and O–H groups in total. The summed E-state index contributed by atoms with van der Waals surface area (Å²) in [6.45, 7) is 0.355. The second-order valence-electron chi connectivity index (χ2n) is 6.58. The highest BCUT2D eigenvalue weighted by Gasteiger charge is 2.22. The summed E-state index contributed by atoms with van der Waals surface area (Å²) in [7, 11) is 0. The first-order valence-electron chi connectivity index (χ1n) is 8.92. The number of carbonyl (C=O) groups excluding carboxylic acids is 1. The maximum atomic E-state index is 12.7. The summed E-state index contributed by atoms with van der Waals surface area (Å²) in [6.07, 6.45) is 3.82. The maximum absolute atomic E-state index is 12.7. The lowest BCUT2D eigenvalue weighted by Crippen LogP contribution is -2.24. The van der Waals surface area contributed by atoms with E-state index in [1.54, 1.807) is 18.4 Å². The summed E-state index contributed by atoms with van der Waals surface area (Å²) in [5, 5.41) is 4.96. The van der Waals surface area contributed by atoms with Crippen LogP contribution in [0.5, 0.6) is 0 Å². The van der Waals surface area contributed by atoms with Crippen LogP contribution in [-0.2, 0) is 11.3 Å². The van der Waals surface area contributed by atoms with Crippen molar-refractivity contribution < 1.29 is 9.21 Å². The lowest BCUT2D eigenvalue weighted by Gasteiger charge is -2.18. The molecule has 2 aromatic carbocycles. The number of aromatic amines is 1. The van der Waals surface area contributed by atoms with Gasteiger partial charge in [-0.1, -0.05) is 47.5 Å². The van der Waals surface area contributed by atoms with Gasteiger partial charge in [0.2, 0.25) is 5.91 Å². The molecule has 28 heavy (non-hydrogen) atoms. The molecule has 0 saturated heterocycles. The number of furan rings is 1. The highest BCUT2D eigenvalue weighted by molar-refractivity contribution is 6.42. The highest BCUT2D eigenvalue weighted by atomic mass is 35.5. The number of para-hydroxylation sites is 1. The first-order chi connectivity index (χ1) is 13.6. The fourth-order valence-corrected chi connectivity index (χ4v) is 3.68. The summed E-state index contributed by atoms with van der Waals surface area (Å²) in [5.41, 5.74) is 3.01. The average molecular weight is 413 g/mol. The van der Waals surface area contributed by atoms with E-state index in [1.165, 1.54) is 0 Å². The van der Waals surface area contributed by atoms with Gasteiger partial charge >= 0.3 is 0 Å². The van der Waals surface area contributed by atoms with Crippen LogP contribution in [-0.4, -0.2) is 10.9 Å². The molecular formula is C22H18Cl2N2O2. The Kier molecular flexibility index (Phi) is 5.42. The van der Waals surface area contributed by atoms with Crippen LogP contribution in [0.25, 0.3) is 10.9 Å². The average Bonchev–Trinajstić information content (AvgIpc) is 3.36. The van der Waals surface area contributed by atoms with Crippen molar-refractivity contribution in [1.82, 2.24) is 10.3 Å². The standard InChI is InChI=1S/C22H18Cl2N2O2/c23-19-8-7-14(10-20(19)24)17(11-22(27)26-12-15-4-3-9-28-15)18-13-25-21-6-2-1-5-16(18)21/h1-10,13,17,25H,11-12H2,(H,26,27)/t17-/m1/s1. The van der Waals surface area contributed by atoms with E-state index in [2.05, 4.69) is 10.3 Å². The Bertz CT molecular complexity index is 1100. The predicted molar refractivity (Wildman–Crippen MR) is 112 cm³/mol. The van der Waals surface area contributed by atoms with Crippen molar-refractivity contribution in [1.29, 1.82) is 0 Å². The van der Waals surface area contributed by atoms with E-state index in [-0.39, 0.29) is 18.2 Å². The van der Waals surface area contributed by atoms with Crippen LogP contribution in [0.1, 0.15) is 29.2 Å². The summed E-state index contributed by atoms with van der Waals surface area (Å²) >= 11 is 12.3. The van der Waals surface area contributed by atoms with Gasteiger partial charge in [0.05, 0.1) is 22.9 Å². The van der Waals surface area contributed by atoms with Crippen LogP contribution in [0.3, 0.4) is 0 Å². The minimum Gasteiger partial charge on any atom is -0.467 e. The van der Waals surface area contributed by atoms with Crippen molar-refractivity contribution in [2.24, 2.45) is 0 Å². The third-order valence-corrected chi connectivity index (χ3v) is 5.51. The molecule has 0 bridgehead atoms. The van der Waals surface area contributed by atoms with E-state index < -0.39 is 0 Å². The molecule has 2 heterocycles. The van der Waals surface area contributed by atoms with Crippen molar-refractivity contribution in [3.05, 3.63) is 94.0 Å². The Morgan fingerprint density at radius 3 is 2.71 bits per heavy atom. The van der Waals surface area contributed by atoms with Crippen molar-refractivity contribution in [2.45, 2.75) is 18.9 Å². The van der Waals surface area contributed by atoms with Gasteiger partial charge in [-0.25, -0.2) is 0 Å². The number of aromatic nitrogens is 1. The number of carbonyl (C=O) groups is 1. The van der Waals surface area contributed by atoms with Gasteiger partial charge in [-0.2, -0.15) is 0 Å². The fourth-order valence-electron chi connectivity index (χ4n) is 3.38. The molecule has 0 saturated carbocycles. The van der Waals surface area contributed by atoms with E-state index in [0.717, 1.165) is 22.0 Å². The molecule has 4 nitrogen and oxygen atoms in total. The van der Waals surface area contributed by atoms with Gasteiger partial charge < -0.3 is 14.7 Å². The first-order valence-corrected chi connectivity index (χ1v) is 9.67. The number of halogens is 2. The van der Waals surface area contributed by atoms with E-state index in [4.69, 9.17) is 27.6 Å². The van der Waals surface area contributed by atoms with E-state index in [0.29, 0.717) is 22.4 Å². The van der Waals surface area contributed by atoms with Gasteiger partial charge in [-0.05, 0) is 41.5 Å². The molecule has 4 aromatic rings. The van der Waals surface area contributed by atoms with E-state index in [9.17, 15) is 4.79 Å². The van der Waals surface area contributed by atoms with Gasteiger partial charge in [0, 0.05) is 29.4 Å². The summed E-state index contributed by atoms with van der Waals surface area (Å²) < 4.78 is 5.28. The number of H-pyrrole nitrogens is 1. The number of benzene rings is 2. The number of amides is 1. The van der Waals surface area contributed by atoms with Gasteiger partial charge in [0.1, 0.15) is 5.76 Å². The zero-order valence-electron chi connectivity index (χ0n) is 14.9. The van der Waals surface area contributed by atoms with Crippen LogP contribution in [0.2, 0.25) is 10.0 Å². The molecule has 6 heteroatoms. The molecule has 1 amide bonds. The predicted octanol–water partition coefficient (Wildman–Crippen LogP) is 5.91. The lowest BCUT2D eigenvalue weighted by molar-refractivity contribution is -0.121. The van der Waals surface area contributed by atoms with Gasteiger partial charge in [0.25, 0.3) is 0 Å². The minimum atomic E-state index is -0.164. The van der Waals surface area contributed by atoms with Gasteiger partial charge in [-0.3, -0.25) is 4.79 Å². The molecule has 0 fully saturated rings. The first kappa shape index (κ1) is 18.7. The van der Waals surface area contributed by atoms with Crippen LogP contribution in [0.4, 0.5) is 0 Å². The van der Waals surface area contributed by atoms with Crippen LogP contribution < -0.4 is 5.32 Å². The minimum absolute atomic E-state index is 0.0715. The molecule has 2 aromatic heterocycles. The Hall–Kier alpha value is -2.69. The monoisotopic (exact) mass is 412 g/mol. The number of fused-ring (bicyclic) bond motifs is 1. The largest absolute Gasteiger partial charge is 0.467 e. The Morgan fingerprint density at radius 1 is 1.07 bits per heavy atom. The molecule has 0 unspecified atom stereocenters. The van der Waals surface area contributed by atoms with Gasteiger partial charge in [0.15, 0.2) is 0 Å². The Labute approximate surface area is 172 Å². The van der Waals surface area contributed by atoms with E-state index >= 15 is 0 Å². The molecule has 0 aliphatic heterocycles. The molecule has 0 spiro atoms. The number of hydrogen-bond donors (Lipinski definition) is 2. The molecule has 4 rings (SSSR count). The van der Waals surface area contributed by atoms with Crippen LogP contribution in [0, 0.1) is 0 Å². The summed E-state index contributed by atoms with van der Waals surface area (Å²) in [5.74, 6) is 0.479. The van der Waals surface area contributed by atoms with Crippen molar-refractivity contribution >= 4 is 40.0 Å². The second kappa shape index (κ2) is 8.13. The SMILES string of the molecule is O=C(C[C@H](c1ccc(Cl)c(Cl)c1)c1c[nH]c2ccccc12)NCc1ccco1. The fraction of sp³-hybridized carbons (Fsp3) is 0.136. The van der Waals surface area contributed by atoms with Crippen LogP contribution in [0.15, 0.2) is 71.5 Å². The normalized spacial score (nSPS) is 12.2. The van der Waals surface area contributed by atoms with Crippen molar-refractivity contribution in [3.63, 3.8) is 0 Å². The molecule has 0 radical (unpaired) electrons. The quantitative estimate of drug-likeness (QED) is 0.413.